The summed E-state index contributed by atoms with van der Waals surface area (Å²) in [6.07, 6.45) is 1.04. The van der Waals surface area contributed by atoms with Crippen LogP contribution in [0, 0.1) is 13.8 Å². The number of ketones is 1. The number of rotatable bonds is 13. The standard InChI is InChI=1S/C26H30N5O7P/c1-17-4-7-19(8-5-17)13-37-39(34,38-14-21(32)20-9-6-18(2)22(12-20)35-3)16-36-11-10-31-15-28-23-24(31)29-26(27)30-25(23)33/h4-9,12,15H,10-11,13-14,16H2,1-3H3,(H3,27,29,30,33). The molecule has 206 valence electrons. The molecule has 0 fully saturated rings. The van der Waals surface area contributed by atoms with Crippen LogP contribution in [0.5, 0.6) is 5.75 Å². The summed E-state index contributed by atoms with van der Waals surface area (Å²) in [5.74, 6) is 0.146. The van der Waals surface area contributed by atoms with Crippen molar-refractivity contribution in [2.24, 2.45) is 0 Å². The van der Waals surface area contributed by atoms with Gasteiger partial charge in [-0.05, 0) is 31.0 Å². The van der Waals surface area contributed by atoms with E-state index in [-0.39, 0.29) is 37.0 Å². The molecule has 3 N–H and O–H groups in total. The number of fused-ring (bicyclic) bond motifs is 1. The molecule has 12 nitrogen and oxygen atoms in total. The molecular formula is C26H30N5O7P. The van der Waals surface area contributed by atoms with Gasteiger partial charge in [-0.1, -0.05) is 42.0 Å². The van der Waals surface area contributed by atoms with Gasteiger partial charge in [0.15, 0.2) is 16.9 Å². The highest BCUT2D eigenvalue weighted by Crippen LogP contribution is 2.49. The average Bonchev–Trinajstić information content (AvgIpc) is 3.33. The van der Waals surface area contributed by atoms with E-state index in [9.17, 15) is 14.2 Å². The van der Waals surface area contributed by atoms with Crippen molar-refractivity contribution in [3.63, 3.8) is 0 Å². The van der Waals surface area contributed by atoms with Crippen LogP contribution in [0.4, 0.5) is 5.95 Å². The van der Waals surface area contributed by atoms with Gasteiger partial charge in [0.1, 0.15) is 18.7 Å². The third kappa shape index (κ3) is 7.18. The molecule has 0 saturated carbocycles. The molecule has 0 amide bonds. The highest BCUT2D eigenvalue weighted by Gasteiger charge is 2.27. The molecule has 2 heterocycles. The van der Waals surface area contributed by atoms with Crippen molar-refractivity contribution in [3.05, 3.63) is 81.4 Å². The van der Waals surface area contributed by atoms with Gasteiger partial charge in [0.25, 0.3) is 5.56 Å². The lowest BCUT2D eigenvalue weighted by Gasteiger charge is -2.19. The molecule has 2 aromatic heterocycles. The van der Waals surface area contributed by atoms with Crippen LogP contribution >= 0.6 is 7.60 Å². The first-order chi connectivity index (χ1) is 18.7. The second-order valence-electron chi connectivity index (χ2n) is 8.85. The quantitative estimate of drug-likeness (QED) is 0.142. The fourth-order valence-electron chi connectivity index (χ4n) is 3.68. The van der Waals surface area contributed by atoms with E-state index in [0.29, 0.717) is 17.0 Å². The van der Waals surface area contributed by atoms with E-state index >= 15 is 0 Å². The molecule has 0 radical (unpaired) electrons. The number of nitrogens with one attached hydrogen (secondary N) is 1. The number of imidazole rings is 1. The Balaban J connectivity index is 1.41. The lowest BCUT2D eigenvalue weighted by molar-refractivity contribution is 0.0855. The largest absolute Gasteiger partial charge is 0.496 e. The summed E-state index contributed by atoms with van der Waals surface area (Å²) in [7, 11) is -2.34. The summed E-state index contributed by atoms with van der Waals surface area (Å²) in [5.41, 5.74) is 8.73. The predicted octanol–water partition coefficient (Wildman–Crippen LogP) is 3.61. The van der Waals surface area contributed by atoms with Crippen molar-refractivity contribution >= 4 is 30.5 Å². The Bertz CT molecular complexity index is 1570. The minimum Gasteiger partial charge on any atom is -0.496 e. The number of hydrogen-bond acceptors (Lipinski definition) is 10. The van der Waals surface area contributed by atoms with Crippen LogP contribution in [0.15, 0.2) is 53.6 Å². The third-order valence-electron chi connectivity index (χ3n) is 5.89. The number of carbonyl (C=O) groups is 1. The van der Waals surface area contributed by atoms with E-state index in [1.54, 1.807) is 22.8 Å². The van der Waals surface area contributed by atoms with Gasteiger partial charge < -0.3 is 24.3 Å². The van der Waals surface area contributed by atoms with Gasteiger partial charge in [0, 0.05) is 12.1 Å². The summed E-state index contributed by atoms with van der Waals surface area (Å²) in [4.78, 5) is 35.3. The Morgan fingerprint density at radius 3 is 2.64 bits per heavy atom. The SMILES string of the molecule is COc1cc(C(=O)COP(=O)(COCCn2cnc3c(=O)[nH]c(N)nc32)OCc2ccc(C)cc2)ccc1C. The summed E-state index contributed by atoms with van der Waals surface area (Å²) in [6, 6.07) is 12.6. The van der Waals surface area contributed by atoms with Gasteiger partial charge >= 0.3 is 7.60 Å². The number of hydrogen-bond donors (Lipinski definition) is 2. The van der Waals surface area contributed by atoms with Crippen LogP contribution in [0.1, 0.15) is 27.0 Å². The molecule has 0 aliphatic rings. The molecule has 4 aromatic rings. The number of methoxy groups -OCH3 is 1. The number of nitrogens with two attached hydrogens (primary N) is 1. The molecule has 0 spiro atoms. The van der Waals surface area contributed by atoms with Crippen molar-refractivity contribution < 1.29 is 27.9 Å². The van der Waals surface area contributed by atoms with E-state index in [1.807, 2.05) is 38.1 Å². The van der Waals surface area contributed by atoms with E-state index in [2.05, 4.69) is 15.0 Å². The monoisotopic (exact) mass is 555 g/mol. The summed E-state index contributed by atoms with van der Waals surface area (Å²) in [5, 5.41) is 0. The Kier molecular flexibility index (Phi) is 8.93. The highest BCUT2D eigenvalue weighted by molar-refractivity contribution is 7.53. The molecule has 0 aliphatic heterocycles. The lowest BCUT2D eigenvalue weighted by Crippen LogP contribution is -2.14. The summed E-state index contributed by atoms with van der Waals surface area (Å²) in [6.45, 7) is 3.67. The van der Waals surface area contributed by atoms with Crippen LogP contribution in [-0.4, -0.2) is 52.0 Å². The maximum absolute atomic E-state index is 13.6. The molecular weight excluding hydrogens is 525 g/mol. The first kappa shape index (κ1) is 28.2. The molecule has 13 heteroatoms. The Labute approximate surface area is 224 Å². The van der Waals surface area contributed by atoms with Crippen LogP contribution in [0.3, 0.4) is 0 Å². The number of aromatic nitrogens is 4. The Morgan fingerprint density at radius 2 is 1.90 bits per heavy atom. The van der Waals surface area contributed by atoms with Gasteiger partial charge in [0.2, 0.25) is 5.95 Å². The van der Waals surface area contributed by atoms with Gasteiger partial charge in [-0.3, -0.25) is 23.7 Å². The fraction of sp³-hybridized carbons (Fsp3) is 0.308. The van der Waals surface area contributed by atoms with Crippen molar-refractivity contribution in [2.45, 2.75) is 27.0 Å². The number of benzene rings is 2. The van der Waals surface area contributed by atoms with E-state index in [1.165, 1.54) is 13.4 Å². The van der Waals surface area contributed by atoms with Crippen LogP contribution in [0.2, 0.25) is 0 Å². The fourth-order valence-corrected chi connectivity index (χ4v) is 4.91. The highest BCUT2D eigenvalue weighted by atomic mass is 31.2. The zero-order valence-corrected chi connectivity index (χ0v) is 22.8. The molecule has 1 atom stereocenters. The maximum Gasteiger partial charge on any atom is 0.356 e. The zero-order valence-electron chi connectivity index (χ0n) is 21.9. The number of nitrogens with zero attached hydrogens (tertiary/aromatic N) is 3. The summed E-state index contributed by atoms with van der Waals surface area (Å²) < 4.78 is 37.3. The van der Waals surface area contributed by atoms with Gasteiger partial charge in [0.05, 0.1) is 26.7 Å². The number of aromatic amines is 1. The molecule has 39 heavy (non-hydrogen) atoms. The van der Waals surface area contributed by atoms with Crippen molar-refractivity contribution in [2.75, 3.05) is 32.4 Å². The van der Waals surface area contributed by atoms with Crippen molar-refractivity contribution in [3.8, 4) is 5.75 Å². The normalized spacial score (nSPS) is 12.9. The number of nitrogen functional groups attached to an aromatic ring is 1. The average molecular weight is 556 g/mol. The number of ether oxygens (including phenoxy) is 2. The zero-order chi connectivity index (χ0) is 28.0. The van der Waals surface area contributed by atoms with Crippen LogP contribution in [-0.2, 0) is 31.5 Å². The van der Waals surface area contributed by atoms with Gasteiger partial charge in [-0.15, -0.1) is 0 Å². The lowest BCUT2D eigenvalue weighted by atomic mass is 10.1. The van der Waals surface area contributed by atoms with Crippen LogP contribution < -0.4 is 16.0 Å². The molecule has 4 rings (SSSR count). The van der Waals surface area contributed by atoms with Gasteiger partial charge in [-0.25, -0.2) is 4.98 Å². The smallest absolute Gasteiger partial charge is 0.356 e. The second kappa shape index (κ2) is 12.4. The Hall–Kier alpha value is -3.83. The van der Waals surface area contributed by atoms with Gasteiger partial charge in [-0.2, -0.15) is 4.98 Å². The molecule has 1 unspecified atom stereocenters. The molecule has 0 aliphatic carbocycles. The molecule has 2 aromatic carbocycles. The van der Waals surface area contributed by atoms with Crippen LogP contribution in [0.25, 0.3) is 11.2 Å². The minimum absolute atomic E-state index is 0.00555. The number of anilines is 1. The van der Waals surface area contributed by atoms with Crippen molar-refractivity contribution in [1.82, 2.24) is 19.5 Å². The first-order valence-electron chi connectivity index (χ1n) is 12.1. The number of aryl methyl sites for hydroxylation is 2. The van der Waals surface area contributed by atoms with E-state index in [4.69, 9.17) is 24.3 Å². The first-order valence-corrected chi connectivity index (χ1v) is 13.8. The maximum atomic E-state index is 13.6. The molecule has 0 saturated heterocycles. The second-order valence-corrected chi connectivity index (χ2v) is 10.8. The van der Waals surface area contributed by atoms with E-state index in [0.717, 1.165) is 16.7 Å². The Morgan fingerprint density at radius 1 is 1.13 bits per heavy atom. The number of H-pyrrole nitrogens is 1. The predicted molar refractivity (Wildman–Crippen MR) is 145 cm³/mol. The summed E-state index contributed by atoms with van der Waals surface area (Å²) >= 11 is 0. The third-order valence-corrected chi connectivity index (χ3v) is 7.43. The van der Waals surface area contributed by atoms with Crippen molar-refractivity contribution in [1.29, 1.82) is 0 Å². The number of Topliss-reactive ketones (excluding diaryl/α,β-unsaturated/α-hetero) is 1. The number of carbonyl (C=O) groups excluding carboxylic acids is 1. The molecule has 0 bridgehead atoms. The van der Waals surface area contributed by atoms with E-state index < -0.39 is 26.1 Å². The minimum atomic E-state index is -3.86. The topological polar surface area (TPSA) is 161 Å².